The second kappa shape index (κ2) is 5.04. The number of rotatable bonds is 3. The first-order valence-corrected chi connectivity index (χ1v) is 8.88. The Morgan fingerprint density at radius 2 is 2.15 bits per heavy atom. The first-order chi connectivity index (χ1) is 9.54. The topological polar surface area (TPSA) is 49.4 Å². The maximum absolute atomic E-state index is 12.9. The van der Waals surface area contributed by atoms with E-state index in [1.165, 1.54) is 5.56 Å². The van der Waals surface area contributed by atoms with Crippen LogP contribution in [-0.2, 0) is 16.4 Å². The first-order valence-electron chi connectivity index (χ1n) is 7.44. The Bertz CT molecular complexity index is 612. The fourth-order valence-corrected chi connectivity index (χ4v) is 5.39. The molecule has 2 aliphatic heterocycles. The summed E-state index contributed by atoms with van der Waals surface area (Å²) in [5, 5.41) is 3.26. The third-order valence-corrected chi connectivity index (χ3v) is 6.61. The van der Waals surface area contributed by atoms with Gasteiger partial charge in [-0.3, -0.25) is 0 Å². The van der Waals surface area contributed by atoms with Gasteiger partial charge in [-0.25, -0.2) is 8.42 Å². The molecule has 4 nitrogen and oxygen atoms in total. The Morgan fingerprint density at radius 3 is 2.90 bits per heavy atom. The average Bonchev–Trinajstić information content (AvgIpc) is 3.03. The predicted molar refractivity (Wildman–Crippen MR) is 80.4 cm³/mol. The number of anilines is 1. The molecule has 2 unspecified atom stereocenters. The second-order valence-corrected chi connectivity index (χ2v) is 7.66. The predicted octanol–water partition coefficient (Wildman–Crippen LogP) is 2.61. The summed E-state index contributed by atoms with van der Waals surface area (Å²) in [6.45, 7) is 4.98. The fraction of sp³-hybridized carbons (Fsp3) is 0.600. The van der Waals surface area contributed by atoms with E-state index in [9.17, 15) is 8.42 Å². The summed E-state index contributed by atoms with van der Waals surface area (Å²) < 4.78 is 27.6. The highest BCUT2D eigenvalue weighted by molar-refractivity contribution is 7.89. The molecule has 0 radical (unpaired) electrons. The van der Waals surface area contributed by atoms with Gasteiger partial charge in [0.2, 0.25) is 10.0 Å². The van der Waals surface area contributed by atoms with Gasteiger partial charge in [0, 0.05) is 24.3 Å². The summed E-state index contributed by atoms with van der Waals surface area (Å²) in [6, 6.07) is 5.76. The van der Waals surface area contributed by atoms with Gasteiger partial charge >= 0.3 is 0 Å². The van der Waals surface area contributed by atoms with E-state index >= 15 is 0 Å². The molecule has 1 aromatic rings. The maximum atomic E-state index is 12.9. The lowest BCUT2D eigenvalue weighted by molar-refractivity contribution is 0.329. The van der Waals surface area contributed by atoms with Crippen LogP contribution in [0.25, 0.3) is 0 Å². The third kappa shape index (κ3) is 2.13. The van der Waals surface area contributed by atoms with Crippen molar-refractivity contribution in [2.75, 3.05) is 11.9 Å². The number of nitrogens with one attached hydrogen (secondary N) is 1. The molecule has 5 heteroatoms. The van der Waals surface area contributed by atoms with Crippen LogP contribution >= 0.6 is 0 Å². The molecule has 0 saturated carbocycles. The Hall–Kier alpha value is -1.07. The largest absolute Gasteiger partial charge is 0.384 e. The van der Waals surface area contributed by atoms with Crippen molar-refractivity contribution in [2.45, 2.75) is 56.5 Å². The van der Waals surface area contributed by atoms with E-state index < -0.39 is 10.0 Å². The number of hydrogen-bond acceptors (Lipinski definition) is 3. The molecule has 1 N–H and O–H groups in total. The van der Waals surface area contributed by atoms with Gasteiger partial charge < -0.3 is 5.32 Å². The minimum absolute atomic E-state index is 0.103. The summed E-state index contributed by atoms with van der Waals surface area (Å²) in [7, 11) is -3.38. The zero-order valence-electron chi connectivity index (χ0n) is 12.1. The van der Waals surface area contributed by atoms with Crippen LogP contribution in [0.4, 0.5) is 5.69 Å². The molecule has 110 valence electrons. The van der Waals surface area contributed by atoms with E-state index in [0.29, 0.717) is 4.90 Å². The molecule has 1 saturated heterocycles. The van der Waals surface area contributed by atoms with Gasteiger partial charge in [0.25, 0.3) is 0 Å². The highest BCUT2D eigenvalue weighted by Crippen LogP contribution is 2.34. The van der Waals surface area contributed by atoms with E-state index in [4.69, 9.17) is 0 Å². The molecule has 0 amide bonds. The summed E-state index contributed by atoms with van der Waals surface area (Å²) in [5.74, 6) is 0. The van der Waals surface area contributed by atoms with E-state index in [2.05, 4.69) is 12.2 Å². The standard InChI is InChI=1S/C15H22N2O2S/c1-3-13-6-4-11(2)17(13)20(18,19)14-7-5-12-8-9-16-15(12)10-14/h5,7,10-11,13,16H,3-4,6,8-9H2,1-2H3. The van der Waals surface area contributed by atoms with Crippen LogP contribution in [0.5, 0.6) is 0 Å². The van der Waals surface area contributed by atoms with Crippen LogP contribution in [0.3, 0.4) is 0 Å². The molecule has 3 rings (SSSR count). The molecule has 1 aromatic carbocycles. The minimum Gasteiger partial charge on any atom is -0.384 e. The lowest BCUT2D eigenvalue weighted by atomic mass is 10.2. The molecule has 20 heavy (non-hydrogen) atoms. The van der Waals surface area contributed by atoms with Gasteiger partial charge in [0.05, 0.1) is 4.90 Å². The van der Waals surface area contributed by atoms with Crippen molar-refractivity contribution >= 4 is 15.7 Å². The molecule has 0 aliphatic carbocycles. The van der Waals surface area contributed by atoms with E-state index in [0.717, 1.165) is 37.9 Å². The highest BCUT2D eigenvalue weighted by Gasteiger charge is 2.39. The van der Waals surface area contributed by atoms with Crippen LogP contribution in [0, 0.1) is 0 Å². The normalized spacial score (nSPS) is 26.5. The Balaban J connectivity index is 1.99. The number of sulfonamides is 1. The average molecular weight is 294 g/mol. The molecule has 2 heterocycles. The quantitative estimate of drug-likeness (QED) is 0.932. The molecular weight excluding hydrogens is 272 g/mol. The van der Waals surface area contributed by atoms with Crippen LogP contribution in [-0.4, -0.2) is 31.4 Å². The van der Waals surface area contributed by atoms with Gasteiger partial charge in [0.15, 0.2) is 0 Å². The molecule has 2 atom stereocenters. The molecule has 2 aliphatic rings. The molecule has 0 aromatic heterocycles. The molecule has 0 bridgehead atoms. The van der Waals surface area contributed by atoms with Gasteiger partial charge in [-0.2, -0.15) is 4.31 Å². The van der Waals surface area contributed by atoms with Crippen LogP contribution in [0.1, 0.15) is 38.7 Å². The molecular formula is C15H22N2O2S. The van der Waals surface area contributed by atoms with Crippen molar-refractivity contribution in [3.8, 4) is 0 Å². The lowest BCUT2D eigenvalue weighted by Crippen LogP contribution is -2.39. The van der Waals surface area contributed by atoms with Crippen molar-refractivity contribution in [1.82, 2.24) is 4.31 Å². The number of hydrogen-bond donors (Lipinski definition) is 1. The Morgan fingerprint density at radius 1 is 1.35 bits per heavy atom. The zero-order chi connectivity index (χ0) is 14.3. The van der Waals surface area contributed by atoms with Crippen molar-refractivity contribution in [1.29, 1.82) is 0 Å². The van der Waals surface area contributed by atoms with E-state index in [-0.39, 0.29) is 12.1 Å². The third-order valence-electron chi connectivity index (χ3n) is 4.55. The van der Waals surface area contributed by atoms with Gasteiger partial charge in [0.1, 0.15) is 0 Å². The van der Waals surface area contributed by atoms with Crippen LogP contribution in [0.2, 0.25) is 0 Å². The fourth-order valence-electron chi connectivity index (χ4n) is 3.42. The summed E-state index contributed by atoms with van der Waals surface area (Å²) in [4.78, 5) is 0.429. The van der Waals surface area contributed by atoms with Crippen molar-refractivity contribution in [2.24, 2.45) is 0 Å². The SMILES string of the molecule is CCC1CCC(C)N1S(=O)(=O)c1ccc2c(c1)NCC2. The van der Waals surface area contributed by atoms with Gasteiger partial charge in [-0.15, -0.1) is 0 Å². The molecule has 0 spiro atoms. The number of benzene rings is 1. The minimum atomic E-state index is -3.38. The van der Waals surface area contributed by atoms with E-state index in [1.54, 1.807) is 16.4 Å². The van der Waals surface area contributed by atoms with Crippen LogP contribution in [0.15, 0.2) is 23.1 Å². The molecule has 1 fully saturated rings. The summed E-state index contributed by atoms with van der Waals surface area (Å²) >= 11 is 0. The Labute approximate surface area is 121 Å². The Kier molecular flexibility index (Phi) is 3.50. The lowest BCUT2D eigenvalue weighted by Gasteiger charge is -2.27. The monoisotopic (exact) mass is 294 g/mol. The summed E-state index contributed by atoms with van der Waals surface area (Å²) in [5.41, 5.74) is 2.19. The van der Waals surface area contributed by atoms with Crippen molar-refractivity contribution < 1.29 is 8.42 Å². The van der Waals surface area contributed by atoms with Crippen molar-refractivity contribution in [3.05, 3.63) is 23.8 Å². The first kappa shape index (κ1) is 13.9. The van der Waals surface area contributed by atoms with Gasteiger partial charge in [-0.1, -0.05) is 13.0 Å². The van der Waals surface area contributed by atoms with Crippen LogP contribution < -0.4 is 5.32 Å². The number of nitrogens with zero attached hydrogens (tertiary/aromatic N) is 1. The highest BCUT2D eigenvalue weighted by atomic mass is 32.2. The van der Waals surface area contributed by atoms with Crippen molar-refractivity contribution in [3.63, 3.8) is 0 Å². The second-order valence-electron chi connectivity index (χ2n) is 5.82. The smallest absolute Gasteiger partial charge is 0.243 e. The van der Waals surface area contributed by atoms with Gasteiger partial charge in [-0.05, 0) is 50.3 Å². The zero-order valence-corrected chi connectivity index (χ0v) is 12.9. The van der Waals surface area contributed by atoms with E-state index in [1.807, 2.05) is 13.0 Å². The summed E-state index contributed by atoms with van der Waals surface area (Å²) in [6.07, 6.45) is 3.79. The maximum Gasteiger partial charge on any atom is 0.243 e. The number of fused-ring (bicyclic) bond motifs is 1.